The van der Waals surface area contributed by atoms with Crippen LogP contribution in [0.4, 0.5) is 0 Å². The van der Waals surface area contributed by atoms with E-state index in [1.54, 1.807) is 43.6 Å². The number of aromatic nitrogens is 1. The number of aliphatic hydroxyl groups excluding tert-OH is 1. The van der Waals surface area contributed by atoms with Crippen LogP contribution < -0.4 is 16.0 Å². The number of rotatable bonds is 2. The lowest BCUT2D eigenvalue weighted by Gasteiger charge is -2.42. The predicted molar refractivity (Wildman–Crippen MR) is 96.6 cm³/mol. The molecule has 1 aromatic heterocycles. The number of fused-ring (bicyclic) bond motifs is 1. The minimum atomic E-state index is -0.887. The molecule has 2 heterocycles. The molecular weight excluding hydrogens is 324 g/mol. The lowest BCUT2D eigenvalue weighted by atomic mass is 9.77. The predicted octanol–water partition coefficient (Wildman–Crippen LogP) is 1.68. The van der Waals surface area contributed by atoms with E-state index in [4.69, 9.17) is 22.7 Å². The molecule has 0 fully saturated rings. The summed E-state index contributed by atoms with van der Waals surface area (Å²) >= 11 is 5.05. The Kier molecular flexibility index (Phi) is 3.97. The maximum absolute atomic E-state index is 12.6. The zero-order valence-electron chi connectivity index (χ0n) is 13.8. The molecule has 0 bridgehead atoms. The van der Waals surface area contributed by atoms with Crippen molar-refractivity contribution in [3.8, 4) is 5.75 Å². The molecular formula is C18H20N2O3S. The van der Waals surface area contributed by atoms with Crippen LogP contribution in [0.1, 0.15) is 36.5 Å². The number of hydrogen-bond acceptors (Lipinski definition) is 4. The molecule has 3 rings (SSSR count). The van der Waals surface area contributed by atoms with E-state index >= 15 is 0 Å². The highest BCUT2D eigenvalue weighted by Crippen LogP contribution is 2.43. The zero-order chi connectivity index (χ0) is 17.6. The number of benzene rings is 1. The first-order chi connectivity index (χ1) is 11.2. The molecule has 0 aliphatic carbocycles. The second kappa shape index (κ2) is 5.72. The van der Waals surface area contributed by atoms with E-state index in [1.165, 1.54) is 4.57 Å². The van der Waals surface area contributed by atoms with Gasteiger partial charge in [0.2, 0.25) is 0 Å². The fraction of sp³-hybridized carbons (Fsp3) is 0.333. The monoisotopic (exact) mass is 344 g/mol. The maximum atomic E-state index is 12.6. The summed E-state index contributed by atoms with van der Waals surface area (Å²) in [7, 11) is 1.69. The van der Waals surface area contributed by atoms with Crippen molar-refractivity contribution >= 4 is 17.2 Å². The Morgan fingerprint density at radius 1 is 1.33 bits per heavy atom. The molecule has 5 nitrogen and oxygen atoms in total. The molecule has 2 unspecified atom stereocenters. The third kappa shape index (κ3) is 2.61. The normalized spacial score (nSPS) is 21.7. The fourth-order valence-electron chi connectivity index (χ4n) is 3.15. The summed E-state index contributed by atoms with van der Waals surface area (Å²) in [5.41, 5.74) is 6.67. The van der Waals surface area contributed by atoms with Crippen molar-refractivity contribution in [2.45, 2.75) is 31.5 Å². The molecule has 0 amide bonds. The average Bonchev–Trinajstić information content (AvgIpc) is 2.51. The van der Waals surface area contributed by atoms with Gasteiger partial charge < -0.3 is 20.1 Å². The number of aryl methyl sites for hydroxylation is 1. The van der Waals surface area contributed by atoms with E-state index in [-0.39, 0.29) is 10.5 Å². The third-order valence-corrected chi connectivity index (χ3v) is 4.75. The third-order valence-electron chi connectivity index (χ3n) is 4.52. The molecule has 6 heteroatoms. The van der Waals surface area contributed by atoms with Gasteiger partial charge in [-0.2, -0.15) is 0 Å². The number of thiocarbonyl (C=S) groups is 1. The summed E-state index contributed by atoms with van der Waals surface area (Å²) < 4.78 is 7.45. The lowest BCUT2D eigenvalue weighted by molar-refractivity contribution is -0.0514. The molecule has 1 aromatic carbocycles. The first-order valence-electron chi connectivity index (χ1n) is 7.69. The van der Waals surface area contributed by atoms with Crippen LogP contribution in [0, 0.1) is 0 Å². The van der Waals surface area contributed by atoms with Gasteiger partial charge in [0, 0.05) is 35.9 Å². The average molecular weight is 344 g/mol. The summed E-state index contributed by atoms with van der Waals surface area (Å²) in [5, 5.41) is 10.9. The summed E-state index contributed by atoms with van der Waals surface area (Å²) in [6, 6.07) is 8.91. The van der Waals surface area contributed by atoms with Gasteiger partial charge in [-0.15, -0.1) is 0 Å². The number of hydrogen-bond donors (Lipinski definition) is 2. The summed E-state index contributed by atoms with van der Waals surface area (Å²) in [6.45, 7) is 3.62. The Morgan fingerprint density at radius 2 is 2.04 bits per heavy atom. The van der Waals surface area contributed by atoms with Gasteiger partial charge in [-0.1, -0.05) is 18.3 Å². The second-order valence-electron chi connectivity index (χ2n) is 6.62. The van der Waals surface area contributed by atoms with Crippen LogP contribution >= 0.6 is 12.2 Å². The number of aliphatic hydroxyl groups is 1. The molecule has 3 N–H and O–H groups in total. The van der Waals surface area contributed by atoms with Gasteiger partial charge in [-0.05, 0) is 38.1 Å². The molecule has 0 saturated carbocycles. The Bertz CT molecular complexity index is 873. The van der Waals surface area contributed by atoms with E-state index < -0.39 is 17.6 Å². The van der Waals surface area contributed by atoms with Crippen LogP contribution in [0.15, 0.2) is 41.3 Å². The second-order valence-corrected chi connectivity index (χ2v) is 7.06. The van der Waals surface area contributed by atoms with Gasteiger partial charge in [0.1, 0.15) is 22.4 Å². The van der Waals surface area contributed by atoms with Crippen LogP contribution in [-0.2, 0) is 7.05 Å². The molecule has 2 aromatic rings. The summed E-state index contributed by atoms with van der Waals surface area (Å²) in [4.78, 5) is 12.9. The van der Waals surface area contributed by atoms with Gasteiger partial charge >= 0.3 is 0 Å². The summed E-state index contributed by atoms with van der Waals surface area (Å²) in [6.07, 6.45) is 0.802. The number of nitrogens with two attached hydrogens (primary N) is 1. The molecule has 1 aliphatic rings. The highest BCUT2D eigenvalue weighted by atomic mass is 32.1. The molecule has 2 atom stereocenters. The van der Waals surface area contributed by atoms with Crippen molar-refractivity contribution in [2.24, 2.45) is 12.8 Å². The van der Waals surface area contributed by atoms with Gasteiger partial charge in [0.05, 0.1) is 0 Å². The Balaban J connectivity index is 2.28. The Morgan fingerprint density at radius 3 is 2.71 bits per heavy atom. The lowest BCUT2D eigenvalue weighted by Crippen LogP contribution is -2.50. The van der Waals surface area contributed by atoms with Gasteiger partial charge in [-0.3, -0.25) is 4.79 Å². The summed E-state index contributed by atoms with van der Waals surface area (Å²) in [5.74, 6) is 0.110. The molecule has 0 radical (unpaired) electrons. The van der Waals surface area contributed by atoms with Crippen molar-refractivity contribution in [3.05, 3.63) is 63.6 Å². The number of ether oxygens (including phenoxy) is 1. The van der Waals surface area contributed by atoms with Crippen LogP contribution in [-0.4, -0.2) is 26.4 Å². The molecule has 1 aliphatic heterocycles. The van der Waals surface area contributed by atoms with E-state index in [0.717, 1.165) is 5.56 Å². The first kappa shape index (κ1) is 16.7. The molecule has 24 heavy (non-hydrogen) atoms. The van der Waals surface area contributed by atoms with E-state index in [1.807, 2.05) is 13.8 Å². The highest BCUT2D eigenvalue weighted by Gasteiger charge is 2.44. The minimum Gasteiger partial charge on any atom is -0.485 e. The smallest absolute Gasteiger partial charge is 0.254 e. The Hall–Kier alpha value is -2.18. The van der Waals surface area contributed by atoms with Crippen molar-refractivity contribution in [1.29, 1.82) is 0 Å². The topological polar surface area (TPSA) is 77.5 Å². The van der Waals surface area contributed by atoms with Gasteiger partial charge in [0.25, 0.3) is 5.56 Å². The minimum absolute atomic E-state index is 0.147. The molecule has 0 spiro atoms. The van der Waals surface area contributed by atoms with Crippen molar-refractivity contribution in [2.75, 3.05) is 0 Å². The first-order valence-corrected chi connectivity index (χ1v) is 8.09. The maximum Gasteiger partial charge on any atom is 0.254 e. The SMILES string of the molecule is Cn1cccc(C2c3cc(C(N)=S)ccc3OC(C)(C)C2O)c1=O. The van der Waals surface area contributed by atoms with Crippen LogP contribution in [0.25, 0.3) is 0 Å². The number of pyridine rings is 1. The van der Waals surface area contributed by atoms with Crippen LogP contribution in [0.3, 0.4) is 0 Å². The zero-order valence-corrected chi connectivity index (χ0v) is 14.6. The van der Waals surface area contributed by atoms with E-state index in [9.17, 15) is 9.90 Å². The standard InChI is InChI=1S/C18H20N2O3S/c1-18(2)15(21)14(11-5-4-8-20(3)17(11)22)12-9-10(16(19)24)6-7-13(12)23-18/h4-9,14-15,21H,1-3H3,(H2,19,24). The molecule has 0 saturated heterocycles. The van der Waals surface area contributed by atoms with Crippen molar-refractivity contribution < 1.29 is 9.84 Å². The number of nitrogens with zero attached hydrogens (tertiary/aromatic N) is 1. The van der Waals surface area contributed by atoms with E-state index in [2.05, 4.69) is 0 Å². The van der Waals surface area contributed by atoms with Gasteiger partial charge in [-0.25, -0.2) is 0 Å². The van der Waals surface area contributed by atoms with Crippen molar-refractivity contribution in [1.82, 2.24) is 4.57 Å². The quantitative estimate of drug-likeness (QED) is 0.811. The van der Waals surface area contributed by atoms with E-state index in [0.29, 0.717) is 16.9 Å². The highest BCUT2D eigenvalue weighted by molar-refractivity contribution is 7.80. The Labute approximate surface area is 145 Å². The molecule has 126 valence electrons. The van der Waals surface area contributed by atoms with Gasteiger partial charge in [0.15, 0.2) is 0 Å². The van der Waals surface area contributed by atoms with Crippen molar-refractivity contribution in [3.63, 3.8) is 0 Å². The van der Waals surface area contributed by atoms with Crippen LogP contribution in [0.5, 0.6) is 5.75 Å². The fourth-order valence-corrected chi connectivity index (χ4v) is 3.27. The van der Waals surface area contributed by atoms with Crippen LogP contribution in [0.2, 0.25) is 0 Å². The largest absolute Gasteiger partial charge is 0.485 e.